The topological polar surface area (TPSA) is 79.3 Å². The van der Waals surface area contributed by atoms with Gasteiger partial charge >= 0.3 is 12.1 Å². The Hall–Kier alpha value is -3.94. The van der Waals surface area contributed by atoms with Gasteiger partial charge in [0.2, 0.25) is 0 Å². The smallest absolute Gasteiger partial charge is 0.433 e. The van der Waals surface area contributed by atoms with Crippen LogP contribution in [0.25, 0.3) is 6.08 Å². The second-order valence-corrected chi connectivity index (χ2v) is 6.21. The fraction of sp³-hybridized carbons (Fsp3) is 0.0455. The Morgan fingerprint density at radius 2 is 1.60 bits per heavy atom. The minimum Gasteiger partial charge on any atom is -0.478 e. The maximum absolute atomic E-state index is 13.1. The standard InChI is InChI=1S/C22H15F3N2O3/c23-22(24,25)19-13-11-17(20(27-19)26-16-4-2-1-3-5-16)18(28)12-8-14-6-9-15(10-7-14)21(29)30/h1-13H,(H,26,27)(H,29,30)/b12-8+. The lowest BCUT2D eigenvalue weighted by molar-refractivity contribution is -0.141. The van der Waals surface area contributed by atoms with Gasteiger partial charge in [-0.2, -0.15) is 13.2 Å². The van der Waals surface area contributed by atoms with Crippen LogP contribution in [0.3, 0.4) is 0 Å². The van der Waals surface area contributed by atoms with E-state index in [0.717, 1.165) is 12.1 Å². The van der Waals surface area contributed by atoms with Gasteiger partial charge in [0.25, 0.3) is 0 Å². The van der Waals surface area contributed by atoms with E-state index in [1.54, 1.807) is 30.3 Å². The number of benzene rings is 2. The van der Waals surface area contributed by atoms with E-state index in [4.69, 9.17) is 5.11 Å². The van der Waals surface area contributed by atoms with E-state index in [0.29, 0.717) is 11.3 Å². The monoisotopic (exact) mass is 412 g/mol. The zero-order valence-corrected chi connectivity index (χ0v) is 15.4. The molecule has 2 aromatic carbocycles. The molecule has 0 aliphatic heterocycles. The summed E-state index contributed by atoms with van der Waals surface area (Å²) < 4.78 is 39.2. The number of carboxylic acid groups (broad SMARTS) is 1. The van der Waals surface area contributed by atoms with Gasteiger partial charge in [-0.1, -0.05) is 36.4 Å². The average Bonchev–Trinajstić information content (AvgIpc) is 2.72. The molecule has 0 bridgehead atoms. The Kier molecular flexibility index (Phi) is 5.96. The number of pyridine rings is 1. The van der Waals surface area contributed by atoms with Crippen LogP contribution in [0, 0.1) is 0 Å². The number of rotatable bonds is 6. The van der Waals surface area contributed by atoms with Crippen molar-refractivity contribution in [3.63, 3.8) is 0 Å². The molecule has 0 spiro atoms. The number of nitrogens with one attached hydrogen (secondary N) is 1. The summed E-state index contributed by atoms with van der Waals surface area (Å²) >= 11 is 0. The van der Waals surface area contributed by atoms with Crippen molar-refractivity contribution in [2.24, 2.45) is 0 Å². The maximum atomic E-state index is 13.1. The van der Waals surface area contributed by atoms with E-state index < -0.39 is 23.6 Å². The summed E-state index contributed by atoms with van der Waals surface area (Å²) in [4.78, 5) is 27.1. The molecule has 0 aliphatic rings. The van der Waals surface area contributed by atoms with Gasteiger partial charge in [0.15, 0.2) is 5.78 Å². The first-order valence-electron chi connectivity index (χ1n) is 8.70. The van der Waals surface area contributed by atoms with Crippen molar-refractivity contribution in [1.82, 2.24) is 4.98 Å². The molecule has 0 fully saturated rings. The molecule has 0 saturated heterocycles. The molecule has 0 atom stereocenters. The summed E-state index contributed by atoms with van der Waals surface area (Å²) in [5.74, 6) is -1.85. The highest BCUT2D eigenvalue weighted by atomic mass is 19.4. The molecular formula is C22H15F3N2O3. The highest BCUT2D eigenvalue weighted by molar-refractivity contribution is 6.10. The van der Waals surface area contributed by atoms with Gasteiger partial charge in [-0.15, -0.1) is 0 Å². The van der Waals surface area contributed by atoms with Gasteiger partial charge in [0.1, 0.15) is 11.5 Å². The third-order valence-electron chi connectivity index (χ3n) is 4.07. The predicted molar refractivity (Wildman–Crippen MR) is 106 cm³/mol. The van der Waals surface area contributed by atoms with Gasteiger partial charge < -0.3 is 10.4 Å². The zero-order valence-electron chi connectivity index (χ0n) is 15.4. The fourth-order valence-electron chi connectivity index (χ4n) is 2.57. The van der Waals surface area contributed by atoms with Gasteiger partial charge in [-0.25, -0.2) is 9.78 Å². The number of anilines is 2. The van der Waals surface area contributed by atoms with Crippen LogP contribution in [0.4, 0.5) is 24.7 Å². The number of hydrogen-bond acceptors (Lipinski definition) is 4. The lowest BCUT2D eigenvalue weighted by Gasteiger charge is -2.13. The number of alkyl halides is 3. The SMILES string of the molecule is O=C(O)c1ccc(/C=C/C(=O)c2ccc(C(F)(F)F)nc2Nc2ccccc2)cc1. The van der Waals surface area contributed by atoms with Crippen LogP contribution in [-0.4, -0.2) is 21.8 Å². The number of carbonyl (C=O) groups excluding carboxylic acids is 1. The first-order valence-corrected chi connectivity index (χ1v) is 8.70. The summed E-state index contributed by atoms with van der Waals surface area (Å²) in [5.41, 5.74) is -0.0202. The fourth-order valence-corrected chi connectivity index (χ4v) is 2.57. The molecule has 3 aromatic rings. The molecule has 152 valence electrons. The Labute approximate surface area is 169 Å². The molecule has 5 nitrogen and oxygen atoms in total. The number of hydrogen-bond donors (Lipinski definition) is 2. The van der Waals surface area contributed by atoms with Crippen molar-refractivity contribution < 1.29 is 27.9 Å². The van der Waals surface area contributed by atoms with Crippen molar-refractivity contribution in [3.8, 4) is 0 Å². The third-order valence-corrected chi connectivity index (χ3v) is 4.07. The van der Waals surface area contributed by atoms with Crippen LogP contribution in [0.5, 0.6) is 0 Å². The van der Waals surface area contributed by atoms with Crippen molar-refractivity contribution in [2.75, 3.05) is 5.32 Å². The quantitative estimate of drug-likeness (QED) is 0.416. The predicted octanol–water partition coefficient (Wildman–Crippen LogP) is 5.44. The number of carboxylic acids is 1. The Bertz CT molecular complexity index is 1090. The summed E-state index contributed by atoms with van der Waals surface area (Å²) in [6, 6.07) is 16.0. The van der Waals surface area contributed by atoms with Crippen LogP contribution >= 0.6 is 0 Å². The number of halogens is 3. The zero-order chi connectivity index (χ0) is 21.7. The molecule has 0 aliphatic carbocycles. The van der Waals surface area contributed by atoms with Crippen molar-refractivity contribution in [2.45, 2.75) is 6.18 Å². The summed E-state index contributed by atoms with van der Waals surface area (Å²) in [6.07, 6.45) is -2.02. The molecular weight excluding hydrogens is 397 g/mol. The van der Waals surface area contributed by atoms with Gasteiger partial charge in [0.05, 0.1) is 11.1 Å². The van der Waals surface area contributed by atoms with Crippen LogP contribution in [-0.2, 0) is 6.18 Å². The average molecular weight is 412 g/mol. The van der Waals surface area contributed by atoms with Gasteiger partial charge in [-0.05, 0) is 48.0 Å². The number of aromatic carboxylic acids is 1. The number of ketones is 1. The maximum Gasteiger partial charge on any atom is 0.433 e. The Balaban J connectivity index is 1.90. The summed E-state index contributed by atoms with van der Waals surface area (Å²) in [7, 11) is 0. The molecule has 1 aromatic heterocycles. The summed E-state index contributed by atoms with van der Waals surface area (Å²) in [5, 5.41) is 11.7. The van der Waals surface area contributed by atoms with Gasteiger partial charge in [-0.3, -0.25) is 4.79 Å². The van der Waals surface area contributed by atoms with Crippen LogP contribution in [0.1, 0.15) is 32.0 Å². The van der Waals surface area contributed by atoms with Gasteiger partial charge in [0, 0.05) is 5.69 Å². The number of carbonyl (C=O) groups is 2. The number of para-hydroxylation sites is 1. The first-order chi connectivity index (χ1) is 14.2. The van der Waals surface area contributed by atoms with E-state index in [1.807, 2.05) is 0 Å². The number of nitrogens with zero attached hydrogens (tertiary/aromatic N) is 1. The Morgan fingerprint density at radius 1 is 0.933 bits per heavy atom. The van der Waals surface area contributed by atoms with E-state index in [9.17, 15) is 22.8 Å². The second-order valence-electron chi connectivity index (χ2n) is 6.21. The minimum absolute atomic E-state index is 0.0368. The van der Waals surface area contributed by atoms with E-state index >= 15 is 0 Å². The third kappa shape index (κ3) is 5.11. The van der Waals surface area contributed by atoms with Crippen LogP contribution in [0.2, 0.25) is 0 Å². The lowest BCUT2D eigenvalue weighted by Crippen LogP contribution is -2.12. The molecule has 3 rings (SSSR count). The first kappa shape index (κ1) is 20.8. The van der Waals surface area contributed by atoms with E-state index in [1.165, 1.54) is 36.4 Å². The second kappa shape index (κ2) is 8.60. The van der Waals surface area contributed by atoms with Crippen molar-refractivity contribution in [3.05, 3.63) is 95.2 Å². The highest BCUT2D eigenvalue weighted by Gasteiger charge is 2.33. The molecule has 8 heteroatoms. The molecule has 1 heterocycles. The largest absolute Gasteiger partial charge is 0.478 e. The van der Waals surface area contributed by atoms with Crippen LogP contribution < -0.4 is 5.32 Å². The number of allylic oxidation sites excluding steroid dienone is 1. The molecule has 0 unspecified atom stereocenters. The molecule has 0 radical (unpaired) electrons. The van der Waals surface area contributed by atoms with Crippen molar-refractivity contribution in [1.29, 1.82) is 0 Å². The Morgan fingerprint density at radius 3 is 2.20 bits per heavy atom. The van der Waals surface area contributed by atoms with E-state index in [-0.39, 0.29) is 16.9 Å². The summed E-state index contributed by atoms with van der Waals surface area (Å²) in [6.45, 7) is 0. The van der Waals surface area contributed by atoms with Crippen LogP contribution in [0.15, 0.2) is 72.8 Å². The molecule has 30 heavy (non-hydrogen) atoms. The molecule has 0 amide bonds. The van der Waals surface area contributed by atoms with Crippen molar-refractivity contribution >= 4 is 29.3 Å². The minimum atomic E-state index is -4.66. The highest BCUT2D eigenvalue weighted by Crippen LogP contribution is 2.30. The van der Waals surface area contributed by atoms with E-state index in [2.05, 4.69) is 10.3 Å². The molecule has 2 N–H and O–H groups in total. The molecule has 0 saturated carbocycles. The lowest BCUT2D eigenvalue weighted by atomic mass is 10.1. The number of aromatic nitrogens is 1. The normalized spacial score (nSPS) is 11.4.